The number of ketones is 1. The van der Waals surface area contributed by atoms with E-state index in [9.17, 15) is 14.4 Å². The van der Waals surface area contributed by atoms with Crippen LogP contribution in [0.2, 0.25) is 0 Å². The smallest absolute Gasteiger partial charge is 0.329 e. The molecule has 2 rings (SSSR count). The summed E-state index contributed by atoms with van der Waals surface area (Å²) in [5, 5.41) is 2.71. The second kappa shape index (κ2) is 11.3. The number of esters is 1. The molecule has 0 radical (unpaired) electrons. The first-order valence-corrected chi connectivity index (χ1v) is 10.6. The highest BCUT2D eigenvalue weighted by atomic mass is 32.2. The van der Waals surface area contributed by atoms with E-state index in [0.717, 1.165) is 12.0 Å². The minimum absolute atomic E-state index is 0.269. The molecule has 0 heterocycles. The average Bonchev–Trinajstić information content (AvgIpc) is 2.75. The third-order valence-corrected chi connectivity index (χ3v) is 4.91. The number of hydrogen-bond donors (Lipinski definition) is 1. The third-order valence-electron chi connectivity index (χ3n) is 4.27. The molecule has 0 aliphatic rings. The van der Waals surface area contributed by atoms with E-state index in [1.807, 2.05) is 31.4 Å². The minimum Gasteiger partial charge on any atom is -0.456 e. The van der Waals surface area contributed by atoms with Crippen molar-refractivity contribution in [1.82, 2.24) is 5.32 Å². The minimum atomic E-state index is -0.796. The molecule has 0 aliphatic carbocycles. The van der Waals surface area contributed by atoms with Gasteiger partial charge in [-0.3, -0.25) is 9.59 Å². The molecule has 1 atom stereocenters. The van der Waals surface area contributed by atoms with Gasteiger partial charge < -0.3 is 10.1 Å². The zero-order chi connectivity index (χ0) is 20.4. The predicted molar refractivity (Wildman–Crippen MR) is 112 cm³/mol. The van der Waals surface area contributed by atoms with Gasteiger partial charge in [-0.05, 0) is 42.5 Å². The number of rotatable bonds is 10. The number of ether oxygens (including phenoxy) is 1. The van der Waals surface area contributed by atoms with Gasteiger partial charge in [-0.25, -0.2) is 4.79 Å². The van der Waals surface area contributed by atoms with Crippen molar-refractivity contribution in [3.63, 3.8) is 0 Å². The van der Waals surface area contributed by atoms with Crippen LogP contribution in [-0.2, 0) is 16.0 Å². The number of hydrogen-bond acceptors (Lipinski definition) is 5. The first-order valence-electron chi connectivity index (χ1n) is 9.18. The summed E-state index contributed by atoms with van der Waals surface area (Å²) in [6.07, 6.45) is 3.24. The van der Waals surface area contributed by atoms with Crippen molar-refractivity contribution in [2.75, 3.05) is 18.6 Å². The van der Waals surface area contributed by atoms with E-state index in [1.165, 1.54) is 0 Å². The standard InChI is InChI=1S/C22H25NO4S/c1-3-16-9-11-17(12-10-16)20(24)15-27-22(26)19(13-14-28-2)23-21(25)18-7-5-4-6-8-18/h4-12,19H,3,13-15H2,1-2H3,(H,23,25)/t19-/m0/s1. The van der Waals surface area contributed by atoms with Crippen LogP contribution >= 0.6 is 11.8 Å². The van der Waals surface area contributed by atoms with E-state index in [-0.39, 0.29) is 18.3 Å². The molecule has 0 fully saturated rings. The van der Waals surface area contributed by atoms with Gasteiger partial charge in [0.25, 0.3) is 5.91 Å². The van der Waals surface area contributed by atoms with E-state index in [4.69, 9.17) is 4.74 Å². The number of thioether (sulfide) groups is 1. The Morgan fingerprint density at radius 2 is 1.68 bits per heavy atom. The van der Waals surface area contributed by atoms with Crippen molar-refractivity contribution in [1.29, 1.82) is 0 Å². The number of aryl methyl sites for hydroxylation is 1. The maximum absolute atomic E-state index is 12.5. The highest BCUT2D eigenvalue weighted by Gasteiger charge is 2.23. The predicted octanol–water partition coefficient (Wildman–Crippen LogP) is 3.53. The SMILES string of the molecule is CCc1ccc(C(=O)COC(=O)[C@H](CCSC)NC(=O)c2ccccc2)cc1. The van der Waals surface area contributed by atoms with Crippen molar-refractivity contribution in [2.45, 2.75) is 25.8 Å². The molecule has 0 unspecified atom stereocenters. The van der Waals surface area contributed by atoms with Crippen LogP contribution in [0.25, 0.3) is 0 Å². The fourth-order valence-electron chi connectivity index (χ4n) is 2.56. The summed E-state index contributed by atoms with van der Waals surface area (Å²) in [4.78, 5) is 37.1. The number of carbonyl (C=O) groups is 3. The van der Waals surface area contributed by atoms with Gasteiger partial charge in [0, 0.05) is 11.1 Å². The summed E-state index contributed by atoms with van der Waals surface area (Å²) in [6.45, 7) is 1.69. The molecule has 0 spiro atoms. The van der Waals surface area contributed by atoms with Crippen molar-refractivity contribution < 1.29 is 19.1 Å². The topological polar surface area (TPSA) is 72.5 Å². The highest BCUT2D eigenvalue weighted by molar-refractivity contribution is 7.98. The Kier molecular flexibility index (Phi) is 8.75. The van der Waals surface area contributed by atoms with Crippen molar-refractivity contribution in [3.05, 3.63) is 71.3 Å². The summed E-state index contributed by atoms with van der Waals surface area (Å²) in [5.74, 6) is -0.530. The second-order valence-electron chi connectivity index (χ2n) is 6.25. The van der Waals surface area contributed by atoms with Crippen LogP contribution in [0, 0.1) is 0 Å². The van der Waals surface area contributed by atoms with E-state index in [1.54, 1.807) is 48.2 Å². The Balaban J connectivity index is 1.95. The lowest BCUT2D eigenvalue weighted by molar-refractivity contribution is -0.144. The van der Waals surface area contributed by atoms with Crippen molar-refractivity contribution in [2.24, 2.45) is 0 Å². The molecule has 1 N–H and O–H groups in total. The Bertz CT molecular complexity index is 790. The fraction of sp³-hybridized carbons (Fsp3) is 0.318. The van der Waals surface area contributed by atoms with Gasteiger partial charge in [0.2, 0.25) is 0 Å². The largest absolute Gasteiger partial charge is 0.456 e. The van der Waals surface area contributed by atoms with E-state index >= 15 is 0 Å². The number of carbonyl (C=O) groups excluding carboxylic acids is 3. The maximum atomic E-state index is 12.5. The number of benzene rings is 2. The molecule has 148 valence electrons. The number of amides is 1. The third kappa shape index (κ3) is 6.53. The lowest BCUT2D eigenvalue weighted by Crippen LogP contribution is -2.42. The first kappa shape index (κ1) is 21.7. The van der Waals surface area contributed by atoms with E-state index in [2.05, 4.69) is 5.32 Å². The van der Waals surface area contributed by atoms with Gasteiger partial charge in [-0.15, -0.1) is 0 Å². The van der Waals surface area contributed by atoms with Gasteiger partial charge in [0.15, 0.2) is 12.4 Å². The second-order valence-corrected chi connectivity index (χ2v) is 7.24. The molecule has 0 aromatic heterocycles. The van der Waals surface area contributed by atoms with Crippen LogP contribution < -0.4 is 5.32 Å². The van der Waals surface area contributed by atoms with Crippen LogP contribution in [0.15, 0.2) is 54.6 Å². The van der Waals surface area contributed by atoms with Crippen LogP contribution in [0.5, 0.6) is 0 Å². The molecule has 0 aliphatic heterocycles. The first-order chi connectivity index (χ1) is 13.5. The summed E-state index contributed by atoms with van der Waals surface area (Å²) in [5.41, 5.74) is 2.10. The van der Waals surface area contributed by atoms with Crippen LogP contribution in [0.4, 0.5) is 0 Å². The number of nitrogens with one attached hydrogen (secondary N) is 1. The van der Waals surface area contributed by atoms with Crippen LogP contribution in [-0.4, -0.2) is 42.3 Å². The molecule has 1 amide bonds. The van der Waals surface area contributed by atoms with Gasteiger partial charge in [-0.1, -0.05) is 49.4 Å². The molecule has 5 nitrogen and oxygen atoms in total. The average molecular weight is 400 g/mol. The lowest BCUT2D eigenvalue weighted by Gasteiger charge is -2.17. The monoisotopic (exact) mass is 399 g/mol. The number of Topliss-reactive ketones (excluding diaryl/α,β-unsaturated/α-hetero) is 1. The highest BCUT2D eigenvalue weighted by Crippen LogP contribution is 2.08. The zero-order valence-electron chi connectivity index (χ0n) is 16.1. The zero-order valence-corrected chi connectivity index (χ0v) is 17.0. The Hall–Kier alpha value is -2.60. The maximum Gasteiger partial charge on any atom is 0.329 e. The Morgan fingerprint density at radius 1 is 1.00 bits per heavy atom. The molecule has 6 heteroatoms. The molecule has 2 aromatic rings. The molecular weight excluding hydrogens is 374 g/mol. The van der Waals surface area contributed by atoms with Crippen molar-refractivity contribution >= 4 is 29.4 Å². The Morgan fingerprint density at radius 3 is 2.29 bits per heavy atom. The van der Waals surface area contributed by atoms with Gasteiger partial charge in [0.05, 0.1) is 0 Å². The molecule has 28 heavy (non-hydrogen) atoms. The molecule has 0 saturated carbocycles. The molecule has 0 bridgehead atoms. The van der Waals surface area contributed by atoms with Crippen molar-refractivity contribution in [3.8, 4) is 0 Å². The summed E-state index contributed by atoms with van der Waals surface area (Å²) < 4.78 is 5.20. The fourth-order valence-corrected chi connectivity index (χ4v) is 3.03. The molecular formula is C22H25NO4S. The molecule has 2 aromatic carbocycles. The van der Waals surface area contributed by atoms with Gasteiger partial charge in [-0.2, -0.15) is 11.8 Å². The lowest BCUT2D eigenvalue weighted by atomic mass is 10.1. The summed E-state index contributed by atoms with van der Waals surface area (Å²) in [6, 6.07) is 15.1. The van der Waals surface area contributed by atoms with Crippen LogP contribution in [0.3, 0.4) is 0 Å². The Labute approximate surface area is 169 Å². The normalized spacial score (nSPS) is 11.5. The van der Waals surface area contributed by atoms with Gasteiger partial charge >= 0.3 is 5.97 Å². The summed E-state index contributed by atoms with van der Waals surface area (Å²) >= 11 is 1.57. The molecule has 0 saturated heterocycles. The summed E-state index contributed by atoms with van der Waals surface area (Å²) in [7, 11) is 0. The van der Waals surface area contributed by atoms with E-state index < -0.39 is 12.0 Å². The van der Waals surface area contributed by atoms with E-state index in [0.29, 0.717) is 23.3 Å². The quantitative estimate of drug-likeness (QED) is 0.489. The van der Waals surface area contributed by atoms with Gasteiger partial charge in [0.1, 0.15) is 6.04 Å². The van der Waals surface area contributed by atoms with Crippen LogP contribution in [0.1, 0.15) is 39.6 Å².